The van der Waals surface area contributed by atoms with Crippen molar-refractivity contribution in [3.8, 4) is 0 Å². The van der Waals surface area contributed by atoms with E-state index in [9.17, 15) is 4.79 Å². The van der Waals surface area contributed by atoms with Crippen LogP contribution in [0.3, 0.4) is 0 Å². The fourth-order valence-corrected chi connectivity index (χ4v) is 2.15. The van der Waals surface area contributed by atoms with Crippen molar-refractivity contribution >= 4 is 22.0 Å². The first kappa shape index (κ1) is 15.2. The fourth-order valence-electron chi connectivity index (χ4n) is 1.83. The second-order valence-corrected chi connectivity index (χ2v) is 6.36. The molecule has 1 aromatic rings. The van der Waals surface area contributed by atoms with Gasteiger partial charge in [-0.2, -0.15) is 0 Å². The second-order valence-electron chi connectivity index (χ2n) is 5.55. The second kappa shape index (κ2) is 6.05. The molecule has 1 aromatic heterocycles. The maximum atomic E-state index is 12.1. The van der Waals surface area contributed by atoms with Crippen LogP contribution in [0.15, 0.2) is 17.0 Å². The minimum atomic E-state index is -0.500. The van der Waals surface area contributed by atoms with Gasteiger partial charge < -0.3 is 14.4 Å². The number of hydrogen-bond donors (Lipinski definition) is 0. The van der Waals surface area contributed by atoms with Gasteiger partial charge >= 0.3 is 6.09 Å². The van der Waals surface area contributed by atoms with Crippen LogP contribution in [0.5, 0.6) is 0 Å². The van der Waals surface area contributed by atoms with Crippen molar-refractivity contribution in [3.05, 3.63) is 22.7 Å². The van der Waals surface area contributed by atoms with E-state index in [0.29, 0.717) is 30.0 Å². The van der Waals surface area contributed by atoms with Gasteiger partial charge in [-0.1, -0.05) is 0 Å². The van der Waals surface area contributed by atoms with Crippen LogP contribution in [0.4, 0.5) is 4.79 Å². The Morgan fingerprint density at radius 3 is 2.90 bits per heavy atom. The van der Waals surface area contributed by atoms with Crippen molar-refractivity contribution in [2.75, 3.05) is 19.7 Å². The molecule has 0 aromatic carbocycles. The van der Waals surface area contributed by atoms with Crippen molar-refractivity contribution in [1.82, 2.24) is 14.9 Å². The van der Waals surface area contributed by atoms with Gasteiger partial charge in [0.2, 0.25) is 0 Å². The zero-order valence-electron chi connectivity index (χ0n) is 11.8. The average Bonchev–Trinajstić information content (AvgIpc) is 2.37. The highest BCUT2D eigenvalue weighted by Gasteiger charge is 2.29. The molecule has 110 valence electrons. The van der Waals surface area contributed by atoms with Gasteiger partial charge in [-0.05, 0) is 36.7 Å². The molecule has 6 nitrogen and oxygen atoms in total. The number of morpholine rings is 1. The summed E-state index contributed by atoms with van der Waals surface area (Å²) in [6.07, 6.45) is 2.65. The van der Waals surface area contributed by atoms with Gasteiger partial charge in [0, 0.05) is 6.54 Å². The van der Waals surface area contributed by atoms with Crippen molar-refractivity contribution in [1.29, 1.82) is 0 Å². The molecule has 7 heteroatoms. The third-order valence-electron chi connectivity index (χ3n) is 2.67. The molecule has 0 aliphatic carbocycles. The zero-order valence-corrected chi connectivity index (χ0v) is 13.4. The van der Waals surface area contributed by atoms with E-state index in [-0.39, 0.29) is 12.2 Å². The molecule has 0 spiro atoms. The van der Waals surface area contributed by atoms with Gasteiger partial charge in [-0.15, -0.1) is 0 Å². The number of hydrogen-bond acceptors (Lipinski definition) is 5. The first-order valence-electron chi connectivity index (χ1n) is 6.42. The van der Waals surface area contributed by atoms with Gasteiger partial charge in [0.05, 0.1) is 31.2 Å². The van der Waals surface area contributed by atoms with Crippen LogP contribution in [0, 0.1) is 0 Å². The molecule has 0 saturated carbocycles. The summed E-state index contributed by atoms with van der Waals surface area (Å²) in [4.78, 5) is 22.1. The maximum absolute atomic E-state index is 12.1. The van der Waals surface area contributed by atoms with Crippen LogP contribution in [-0.2, 0) is 9.47 Å². The normalized spacial score (nSPS) is 19.8. The molecule has 20 heavy (non-hydrogen) atoms. The highest BCUT2D eigenvalue weighted by Crippen LogP contribution is 2.22. The molecule has 1 amide bonds. The number of amides is 1. The standard InChI is InChI=1S/C13H18BrN3O3/c1-13(2,3)20-12(18)17-4-5-19-10(8-17)9-6-15-7-11(14)16-9/h6-7,10H,4-5,8H2,1-3H3. The quantitative estimate of drug-likeness (QED) is 0.783. The number of carbonyl (C=O) groups is 1. The summed E-state index contributed by atoms with van der Waals surface area (Å²) in [5, 5.41) is 0. The Morgan fingerprint density at radius 1 is 1.50 bits per heavy atom. The topological polar surface area (TPSA) is 64.5 Å². The highest BCUT2D eigenvalue weighted by molar-refractivity contribution is 9.10. The summed E-state index contributed by atoms with van der Waals surface area (Å²) in [6, 6.07) is 0. The van der Waals surface area contributed by atoms with Crippen LogP contribution in [-0.4, -0.2) is 46.3 Å². The van der Waals surface area contributed by atoms with E-state index in [1.807, 2.05) is 20.8 Å². The molecule has 1 atom stereocenters. The molecule has 1 saturated heterocycles. The minimum Gasteiger partial charge on any atom is -0.444 e. The van der Waals surface area contributed by atoms with Gasteiger partial charge in [-0.25, -0.2) is 9.78 Å². The van der Waals surface area contributed by atoms with Crippen molar-refractivity contribution in [2.45, 2.75) is 32.5 Å². The van der Waals surface area contributed by atoms with Crippen LogP contribution in [0.2, 0.25) is 0 Å². The Balaban J connectivity index is 2.03. The van der Waals surface area contributed by atoms with E-state index in [1.54, 1.807) is 17.3 Å². The number of rotatable bonds is 1. The van der Waals surface area contributed by atoms with Crippen molar-refractivity contribution < 1.29 is 14.3 Å². The average molecular weight is 344 g/mol. The summed E-state index contributed by atoms with van der Waals surface area (Å²) >= 11 is 3.28. The fraction of sp³-hybridized carbons (Fsp3) is 0.615. The molecule has 0 N–H and O–H groups in total. The van der Waals surface area contributed by atoms with Gasteiger partial charge in [-0.3, -0.25) is 4.98 Å². The number of ether oxygens (including phenoxy) is 2. The lowest BCUT2D eigenvalue weighted by Crippen LogP contribution is -2.44. The summed E-state index contributed by atoms with van der Waals surface area (Å²) < 4.78 is 11.7. The third kappa shape index (κ3) is 4.14. The van der Waals surface area contributed by atoms with E-state index >= 15 is 0 Å². The first-order chi connectivity index (χ1) is 9.35. The van der Waals surface area contributed by atoms with E-state index in [4.69, 9.17) is 9.47 Å². The number of aromatic nitrogens is 2. The van der Waals surface area contributed by atoms with E-state index in [0.717, 1.165) is 0 Å². The molecule has 0 radical (unpaired) electrons. The van der Waals surface area contributed by atoms with Crippen molar-refractivity contribution in [2.24, 2.45) is 0 Å². The summed E-state index contributed by atoms with van der Waals surface area (Å²) in [5.74, 6) is 0. The smallest absolute Gasteiger partial charge is 0.410 e. The lowest BCUT2D eigenvalue weighted by Gasteiger charge is -2.33. The molecule has 2 heterocycles. The molecule has 1 unspecified atom stereocenters. The van der Waals surface area contributed by atoms with Crippen LogP contribution >= 0.6 is 15.9 Å². The largest absolute Gasteiger partial charge is 0.444 e. The van der Waals surface area contributed by atoms with Gasteiger partial charge in [0.15, 0.2) is 0 Å². The maximum Gasteiger partial charge on any atom is 0.410 e. The lowest BCUT2D eigenvalue weighted by atomic mass is 10.2. The SMILES string of the molecule is CC(C)(C)OC(=O)N1CCOC(c2cncc(Br)n2)C1. The highest BCUT2D eigenvalue weighted by atomic mass is 79.9. The number of nitrogens with zero attached hydrogens (tertiary/aromatic N) is 3. The molecule has 1 aliphatic heterocycles. The molecular formula is C13H18BrN3O3. The summed E-state index contributed by atoms with van der Waals surface area (Å²) in [7, 11) is 0. The van der Waals surface area contributed by atoms with E-state index in [2.05, 4.69) is 25.9 Å². The Morgan fingerprint density at radius 2 is 2.25 bits per heavy atom. The Labute approximate surface area is 126 Å². The van der Waals surface area contributed by atoms with Crippen LogP contribution in [0.1, 0.15) is 32.6 Å². The van der Waals surface area contributed by atoms with E-state index in [1.165, 1.54) is 0 Å². The predicted molar refractivity (Wildman–Crippen MR) is 76.2 cm³/mol. The van der Waals surface area contributed by atoms with Gasteiger partial charge in [0.25, 0.3) is 0 Å². The van der Waals surface area contributed by atoms with Gasteiger partial charge in [0.1, 0.15) is 16.3 Å². The Bertz CT molecular complexity index is 490. The Kier molecular flexibility index (Phi) is 4.59. The molecule has 2 rings (SSSR count). The molecule has 1 aliphatic rings. The lowest BCUT2D eigenvalue weighted by molar-refractivity contribution is -0.0448. The predicted octanol–water partition coefficient (Wildman–Crippen LogP) is 2.55. The summed E-state index contributed by atoms with van der Waals surface area (Å²) in [5.41, 5.74) is 0.202. The summed E-state index contributed by atoms with van der Waals surface area (Å²) in [6.45, 7) is 6.94. The Hall–Kier alpha value is -1.21. The molecular weight excluding hydrogens is 326 g/mol. The number of halogens is 1. The van der Waals surface area contributed by atoms with Crippen molar-refractivity contribution in [3.63, 3.8) is 0 Å². The minimum absolute atomic E-state index is 0.277. The molecule has 1 fully saturated rings. The first-order valence-corrected chi connectivity index (χ1v) is 7.21. The number of carbonyl (C=O) groups excluding carboxylic acids is 1. The van der Waals surface area contributed by atoms with Crippen LogP contribution < -0.4 is 0 Å². The van der Waals surface area contributed by atoms with E-state index < -0.39 is 5.60 Å². The van der Waals surface area contributed by atoms with Crippen LogP contribution in [0.25, 0.3) is 0 Å². The monoisotopic (exact) mass is 343 g/mol. The molecule has 0 bridgehead atoms. The zero-order chi connectivity index (χ0) is 14.8. The third-order valence-corrected chi connectivity index (χ3v) is 3.05.